The van der Waals surface area contributed by atoms with Crippen molar-refractivity contribution in [3.8, 4) is 5.75 Å². The van der Waals surface area contributed by atoms with Gasteiger partial charge in [-0.25, -0.2) is 4.39 Å². The third-order valence-corrected chi connectivity index (χ3v) is 2.80. The van der Waals surface area contributed by atoms with Crippen LogP contribution in [0.1, 0.15) is 18.9 Å². The molecule has 0 N–H and O–H groups in total. The smallest absolute Gasteiger partial charge is 0.126 e. The van der Waals surface area contributed by atoms with E-state index in [1.165, 1.54) is 12.1 Å². The first-order chi connectivity index (χ1) is 7.20. The van der Waals surface area contributed by atoms with Crippen LogP contribution in [0.4, 0.5) is 4.39 Å². The summed E-state index contributed by atoms with van der Waals surface area (Å²) in [4.78, 5) is 10.6. The monoisotopic (exact) mass is 208 g/mol. The highest BCUT2D eigenvalue weighted by Gasteiger charge is 2.24. The van der Waals surface area contributed by atoms with Crippen LogP contribution in [0.25, 0.3) is 0 Å². The van der Waals surface area contributed by atoms with Crippen molar-refractivity contribution in [1.29, 1.82) is 0 Å². The molecule has 80 valence electrons. The van der Waals surface area contributed by atoms with Crippen molar-refractivity contribution in [3.63, 3.8) is 0 Å². The van der Waals surface area contributed by atoms with E-state index in [1.807, 2.05) is 6.92 Å². The van der Waals surface area contributed by atoms with Crippen LogP contribution < -0.4 is 4.74 Å². The van der Waals surface area contributed by atoms with Gasteiger partial charge < -0.3 is 9.53 Å². The van der Waals surface area contributed by atoms with Gasteiger partial charge in [-0.3, -0.25) is 0 Å². The van der Waals surface area contributed by atoms with Gasteiger partial charge >= 0.3 is 0 Å². The zero-order valence-corrected chi connectivity index (χ0v) is 8.57. The third-order valence-electron chi connectivity index (χ3n) is 2.80. The van der Waals surface area contributed by atoms with Gasteiger partial charge in [0, 0.05) is 5.92 Å². The van der Waals surface area contributed by atoms with Gasteiger partial charge in [-0.05, 0) is 36.6 Å². The predicted molar refractivity (Wildman–Crippen MR) is 54.4 cm³/mol. The van der Waals surface area contributed by atoms with Gasteiger partial charge in [0.2, 0.25) is 0 Å². The molecule has 0 spiro atoms. The van der Waals surface area contributed by atoms with Crippen LogP contribution in [0.3, 0.4) is 0 Å². The summed E-state index contributed by atoms with van der Waals surface area (Å²) in [5.41, 5.74) is 0.893. The quantitative estimate of drug-likeness (QED) is 0.697. The first-order valence-electron chi connectivity index (χ1n) is 5.11. The topological polar surface area (TPSA) is 26.3 Å². The number of aryl methyl sites for hydroxylation is 1. The van der Waals surface area contributed by atoms with Gasteiger partial charge in [0.1, 0.15) is 24.0 Å². The highest BCUT2D eigenvalue weighted by molar-refractivity contribution is 5.54. The molecule has 0 radical (unpaired) electrons. The maximum absolute atomic E-state index is 12.9. The molecule has 3 heteroatoms. The molecule has 15 heavy (non-hydrogen) atoms. The second kappa shape index (κ2) is 4.01. The average Bonchev–Trinajstić information content (AvgIpc) is 2.27. The van der Waals surface area contributed by atoms with E-state index < -0.39 is 0 Å². The molecule has 2 rings (SSSR count). The highest BCUT2D eigenvalue weighted by Crippen LogP contribution is 2.30. The fraction of sp³-hybridized carbons (Fsp3) is 0.417. The summed E-state index contributed by atoms with van der Waals surface area (Å²) in [7, 11) is 0. The Kier molecular flexibility index (Phi) is 2.71. The van der Waals surface area contributed by atoms with Crippen molar-refractivity contribution in [3.05, 3.63) is 29.6 Å². The number of rotatable bonds is 2. The Morgan fingerprint density at radius 2 is 2.40 bits per heavy atom. The van der Waals surface area contributed by atoms with Crippen LogP contribution in [0.2, 0.25) is 0 Å². The SMILES string of the molecule is CC(C=O)[C@H]1CCc2cc(F)ccc2O1. The Balaban J connectivity index is 2.20. The van der Waals surface area contributed by atoms with Crippen molar-refractivity contribution in [2.45, 2.75) is 25.9 Å². The average molecular weight is 208 g/mol. The number of hydrogen-bond acceptors (Lipinski definition) is 2. The molecule has 0 aromatic heterocycles. The first-order valence-corrected chi connectivity index (χ1v) is 5.11. The summed E-state index contributed by atoms with van der Waals surface area (Å²) in [6.07, 6.45) is 2.38. The standard InChI is InChI=1S/C12H13FO2/c1-8(7-14)11-4-2-9-6-10(13)3-5-12(9)15-11/h3,5-8,11H,2,4H2,1H3/t8?,11-/m1/s1. The molecule has 2 nitrogen and oxygen atoms in total. The minimum atomic E-state index is -0.237. The molecular weight excluding hydrogens is 195 g/mol. The van der Waals surface area contributed by atoms with E-state index >= 15 is 0 Å². The number of aldehydes is 1. The largest absolute Gasteiger partial charge is 0.489 e. The lowest BCUT2D eigenvalue weighted by molar-refractivity contribution is -0.113. The number of benzene rings is 1. The van der Waals surface area contributed by atoms with Gasteiger partial charge in [-0.2, -0.15) is 0 Å². The Labute approximate surface area is 88.1 Å². The predicted octanol–water partition coefficient (Wildman–Crippen LogP) is 2.35. The van der Waals surface area contributed by atoms with Gasteiger partial charge in [0.05, 0.1) is 0 Å². The molecule has 0 aliphatic carbocycles. The Hall–Kier alpha value is -1.38. The van der Waals surface area contributed by atoms with Crippen LogP contribution in [-0.4, -0.2) is 12.4 Å². The van der Waals surface area contributed by atoms with E-state index in [0.29, 0.717) is 5.75 Å². The number of carbonyl (C=O) groups excluding carboxylic acids is 1. The summed E-state index contributed by atoms with van der Waals surface area (Å²) in [5.74, 6) is 0.365. The van der Waals surface area contributed by atoms with Gasteiger partial charge in [-0.15, -0.1) is 0 Å². The molecular formula is C12H13FO2. The zero-order valence-electron chi connectivity index (χ0n) is 8.57. The maximum atomic E-state index is 12.9. The molecule has 0 saturated heterocycles. The summed E-state index contributed by atoms with van der Waals surface area (Å²) in [6.45, 7) is 1.84. The van der Waals surface area contributed by atoms with Crippen LogP contribution in [-0.2, 0) is 11.2 Å². The molecule has 0 saturated carbocycles. The molecule has 0 bridgehead atoms. The van der Waals surface area contributed by atoms with E-state index in [2.05, 4.69) is 0 Å². The van der Waals surface area contributed by atoms with E-state index in [9.17, 15) is 9.18 Å². The molecule has 0 amide bonds. The number of fused-ring (bicyclic) bond motifs is 1. The Morgan fingerprint density at radius 3 is 3.13 bits per heavy atom. The van der Waals surface area contributed by atoms with E-state index in [-0.39, 0.29) is 17.8 Å². The van der Waals surface area contributed by atoms with Gasteiger partial charge in [-0.1, -0.05) is 6.92 Å². The molecule has 1 heterocycles. The first kappa shape index (κ1) is 10.1. The molecule has 2 atom stereocenters. The molecule has 1 unspecified atom stereocenters. The normalized spacial score (nSPS) is 21.3. The lowest BCUT2D eigenvalue weighted by atomic mass is 9.95. The fourth-order valence-corrected chi connectivity index (χ4v) is 1.84. The minimum absolute atomic E-state index is 0.0690. The van der Waals surface area contributed by atoms with Crippen LogP contribution in [0.15, 0.2) is 18.2 Å². The summed E-state index contributed by atoms with van der Waals surface area (Å²) >= 11 is 0. The highest BCUT2D eigenvalue weighted by atomic mass is 19.1. The van der Waals surface area contributed by atoms with Crippen LogP contribution >= 0.6 is 0 Å². The summed E-state index contributed by atoms with van der Waals surface area (Å²) < 4.78 is 18.5. The molecule has 0 fully saturated rings. The number of ether oxygens (including phenoxy) is 1. The second-order valence-corrected chi connectivity index (χ2v) is 3.94. The number of hydrogen-bond donors (Lipinski definition) is 0. The van der Waals surface area contributed by atoms with Crippen molar-refractivity contribution in [2.75, 3.05) is 0 Å². The number of carbonyl (C=O) groups is 1. The lowest BCUT2D eigenvalue weighted by Crippen LogP contribution is -2.30. The van der Waals surface area contributed by atoms with Gasteiger partial charge in [0.15, 0.2) is 0 Å². The van der Waals surface area contributed by atoms with Crippen LogP contribution in [0.5, 0.6) is 5.75 Å². The van der Waals surface area contributed by atoms with Crippen molar-refractivity contribution in [1.82, 2.24) is 0 Å². The summed E-state index contributed by atoms with van der Waals surface area (Å²) in [6, 6.07) is 4.51. The molecule has 1 aromatic rings. The Bertz CT molecular complexity index is 376. The Morgan fingerprint density at radius 1 is 1.60 bits per heavy atom. The molecule has 1 aliphatic rings. The van der Waals surface area contributed by atoms with E-state index in [0.717, 1.165) is 24.7 Å². The van der Waals surface area contributed by atoms with E-state index in [4.69, 9.17) is 4.74 Å². The number of halogens is 1. The molecule has 1 aromatic carbocycles. The van der Waals surface area contributed by atoms with Crippen molar-refractivity contribution < 1.29 is 13.9 Å². The van der Waals surface area contributed by atoms with Gasteiger partial charge in [0.25, 0.3) is 0 Å². The molecule has 1 aliphatic heterocycles. The maximum Gasteiger partial charge on any atom is 0.126 e. The van der Waals surface area contributed by atoms with E-state index in [1.54, 1.807) is 6.07 Å². The van der Waals surface area contributed by atoms with Crippen molar-refractivity contribution >= 4 is 6.29 Å². The minimum Gasteiger partial charge on any atom is -0.489 e. The second-order valence-electron chi connectivity index (χ2n) is 3.94. The lowest BCUT2D eigenvalue weighted by Gasteiger charge is -2.28. The fourth-order valence-electron chi connectivity index (χ4n) is 1.84. The zero-order chi connectivity index (χ0) is 10.8. The third kappa shape index (κ3) is 2.01. The van der Waals surface area contributed by atoms with Crippen molar-refractivity contribution in [2.24, 2.45) is 5.92 Å². The summed E-state index contributed by atoms with van der Waals surface area (Å²) in [5, 5.41) is 0. The van der Waals surface area contributed by atoms with Crippen LogP contribution in [0, 0.1) is 11.7 Å².